The molecule has 0 aliphatic carbocycles. The Hall–Kier alpha value is -3.59. The fourth-order valence-electron chi connectivity index (χ4n) is 2.66. The normalized spacial score (nSPS) is 10.8. The summed E-state index contributed by atoms with van der Waals surface area (Å²) in [5.41, 5.74) is 1.56. The number of amides is 1. The van der Waals surface area contributed by atoms with Crippen LogP contribution in [0, 0.1) is 6.92 Å². The predicted octanol–water partition coefficient (Wildman–Crippen LogP) is 2.13. The maximum absolute atomic E-state index is 12.5. The molecule has 0 atom stereocenters. The summed E-state index contributed by atoms with van der Waals surface area (Å²) in [7, 11) is 0. The average molecular weight is 395 g/mol. The van der Waals surface area contributed by atoms with Crippen molar-refractivity contribution in [3.8, 4) is 11.5 Å². The van der Waals surface area contributed by atoms with E-state index < -0.39 is 0 Å². The van der Waals surface area contributed by atoms with Gasteiger partial charge in [-0.15, -0.1) is 5.10 Å². The molecule has 0 saturated carbocycles. The lowest BCUT2D eigenvalue weighted by atomic mass is 10.2. The Morgan fingerprint density at radius 2 is 2.04 bits per heavy atom. The molecule has 4 aromatic rings. The van der Waals surface area contributed by atoms with Gasteiger partial charge in [0.25, 0.3) is 5.91 Å². The first-order valence-corrected chi connectivity index (χ1v) is 8.76. The summed E-state index contributed by atoms with van der Waals surface area (Å²) in [5.74, 6) is 0.885. The Balaban J connectivity index is 1.51. The second-order valence-electron chi connectivity index (χ2n) is 5.88. The van der Waals surface area contributed by atoms with Crippen molar-refractivity contribution in [2.45, 2.75) is 13.5 Å². The highest BCUT2D eigenvalue weighted by Gasteiger charge is 2.16. The molecule has 0 spiro atoms. The van der Waals surface area contributed by atoms with Crippen molar-refractivity contribution in [2.24, 2.45) is 0 Å². The average Bonchev–Trinajstić information content (AvgIpc) is 3.37. The van der Waals surface area contributed by atoms with Gasteiger partial charge in [-0.1, -0.05) is 17.7 Å². The van der Waals surface area contributed by atoms with E-state index in [1.807, 2.05) is 18.2 Å². The summed E-state index contributed by atoms with van der Waals surface area (Å²) in [4.78, 5) is 25.0. The summed E-state index contributed by atoms with van der Waals surface area (Å²) >= 11 is 5.92. The van der Waals surface area contributed by atoms with Crippen LogP contribution in [-0.2, 0) is 6.54 Å². The van der Waals surface area contributed by atoms with Crippen LogP contribution in [0.2, 0.25) is 5.02 Å². The number of hydrogen-bond acceptors (Lipinski definition) is 6. The lowest BCUT2D eigenvalue weighted by Gasteiger charge is -2.08. The summed E-state index contributed by atoms with van der Waals surface area (Å²) in [5, 5.41) is 11.8. The standard InChI is InChI=1S/C18H15ClN8O/c1-12-24-16(25-27(12)15-6-4-14(19)5-7-15)18(28)22-9-13-3-2-8-21-17(13)26-11-20-10-23-26/h2-8,10-11H,9H2,1H3,(H,22,28). The van der Waals surface area contributed by atoms with E-state index >= 15 is 0 Å². The molecule has 0 radical (unpaired) electrons. The first-order chi connectivity index (χ1) is 13.6. The van der Waals surface area contributed by atoms with E-state index in [1.165, 1.54) is 6.33 Å². The quantitative estimate of drug-likeness (QED) is 0.556. The van der Waals surface area contributed by atoms with Gasteiger partial charge in [-0.3, -0.25) is 4.79 Å². The van der Waals surface area contributed by atoms with Crippen molar-refractivity contribution >= 4 is 17.5 Å². The molecule has 0 aliphatic rings. The van der Waals surface area contributed by atoms with E-state index in [4.69, 9.17) is 11.6 Å². The third kappa shape index (κ3) is 3.60. The zero-order valence-electron chi connectivity index (χ0n) is 14.8. The van der Waals surface area contributed by atoms with Crippen molar-refractivity contribution in [3.63, 3.8) is 0 Å². The van der Waals surface area contributed by atoms with E-state index in [2.05, 4.69) is 30.5 Å². The van der Waals surface area contributed by atoms with E-state index in [-0.39, 0.29) is 18.3 Å². The van der Waals surface area contributed by atoms with Gasteiger partial charge in [-0.05, 0) is 37.3 Å². The maximum Gasteiger partial charge on any atom is 0.291 e. The van der Waals surface area contributed by atoms with Crippen LogP contribution >= 0.6 is 11.6 Å². The third-order valence-corrected chi connectivity index (χ3v) is 4.24. The number of pyridine rings is 1. The number of carbonyl (C=O) groups is 1. The minimum Gasteiger partial charge on any atom is -0.345 e. The molecule has 0 unspecified atom stereocenters. The van der Waals surface area contributed by atoms with Crippen molar-refractivity contribution in [2.75, 3.05) is 0 Å². The molecular formula is C18H15ClN8O. The monoisotopic (exact) mass is 394 g/mol. The van der Waals surface area contributed by atoms with Crippen molar-refractivity contribution in [1.82, 2.24) is 39.8 Å². The minimum absolute atomic E-state index is 0.0821. The van der Waals surface area contributed by atoms with Crippen LogP contribution in [0.3, 0.4) is 0 Å². The molecule has 4 rings (SSSR count). The lowest BCUT2D eigenvalue weighted by molar-refractivity contribution is 0.0940. The topological polar surface area (TPSA) is 103 Å². The van der Waals surface area contributed by atoms with E-state index in [9.17, 15) is 4.79 Å². The van der Waals surface area contributed by atoms with Gasteiger partial charge in [0.05, 0.1) is 5.69 Å². The second-order valence-corrected chi connectivity index (χ2v) is 6.32. The smallest absolute Gasteiger partial charge is 0.291 e. The number of nitrogens with one attached hydrogen (secondary N) is 1. The summed E-state index contributed by atoms with van der Waals surface area (Å²) in [6, 6.07) is 10.8. The highest BCUT2D eigenvalue weighted by molar-refractivity contribution is 6.30. The molecule has 1 amide bonds. The Labute approximate surface area is 165 Å². The molecule has 10 heteroatoms. The number of rotatable bonds is 5. The first kappa shape index (κ1) is 17.8. The molecule has 140 valence electrons. The van der Waals surface area contributed by atoms with E-state index in [1.54, 1.807) is 47.0 Å². The van der Waals surface area contributed by atoms with Gasteiger partial charge < -0.3 is 5.32 Å². The third-order valence-electron chi connectivity index (χ3n) is 3.99. The molecule has 1 N–H and O–H groups in total. The van der Waals surface area contributed by atoms with Gasteiger partial charge in [0.1, 0.15) is 18.5 Å². The number of benzene rings is 1. The summed E-state index contributed by atoms with van der Waals surface area (Å²) < 4.78 is 3.13. The SMILES string of the molecule is Cc1nc(C(=O)NCc2cccnc2-n2cncn2)nn1-c1ccc(Cl)cc1. The van der Waals surface area contributed by atoms with Gasteiger partial charge >= 0.3 is 0 Å². The van der Waals surface area contributed by atoms with Crippen molar-refractivity contribution in [3.05, 3.63) is 77.5 Å². The van der Waals surface area contributed by atoms with Crippen molar-refractivity contribution < 1.29 is 4.79 Å². The molecule has 0 fully saturated rings. The Bertz CT molecular complexity index is 1110. The van der Waals surface area contributed by atoms with Gasteiger partial charge in [-0.25, -0.2) is 24.3 Å². The molecule has 3 heterocycles. The van der Waals surface area contributed by atoms with Crippen LogP contribution in [0.4, 0.5) is 0 Å². The predicted molar refractivity (Wildman–Crippen MR) is 101 cm³/mol. The molecule has 0 saturated heterocycles. The van der Waals surface area contributed by atoms with Crippen LogP contribution in [-0.4, -0.2) is 40.4 Å². The molecule has 1 aromatic carbocycles. The van der Waals surface area contributed by atoms with Gasteiger partial charge in [0.15, 0.2) is 5.82 Å². The fraction of sp³-hybridized carbons (Fsp3) is 0.111. The van der Waals surface area contributed by atoms with Gasteiger partial charge in [-0.2, -0.15) is 5.10 Å². The molecule has 28 heavy (non-hydrogen) atoms. The fourth-order valence-corrected chi connectivity index (χ4v) is 2.79. The van der Waals surface area contributed by atoms with E-state index in [0.717, 1.165) is 11.3 Å². The van der Waals surface area contributed by atoms with Crippen molar-refractivity contribution in [1.29, 1.82) is 0 Å². The number of aromatic nitrogens is 7. The number of aryl methyl sites for hydroxylation is 1. The maximum atomic E-state index is 12.5. The largest absolute Gasteiger partial charge is 0.345 e. The molecule has 3 aromatic heterocycles. The molecular weight excluding hydrogens is 380 g/mol. The Morgan fingerprint density at radius 3 is 2.79 bits per heavy atom. The van der Waals surface area contributed by atoms with Crippen LogP contribution in [0.25, 0.3) is 11.5 Å². The highest BCUT2D eigenvalue weighted by Crippen LogP contribution is 2.14. The molecule has 9 nitrogen and oxygen atoms in total. The zero-order chi connectivity index (χ0) is 19.5. The summed E-state index contributed by atoms with van der Waals surface area (Å²) in [6.07, 6.45) is 4.63. The Kier molecular flexibility index (Phi) is 4.81. The highest BCUT2D eigenvalue weighted by atomic mass is 35.5. The van der Waals surface area contributed by atoms with E-state index in [0.29, 0.717) is 16.7 Å². The van der Waals surface area contributed by atoms with Crippen LogP contribution in [0.5, 0.6) is 0 Å². The molecule has 0 aliphatic heterocycles. The number of carbonyl (C=O) groups excluding carboxylic acids is 1. The minimum atomic E-state index is -0.385. The number of halogens is 1. The Morgan fingerprint density at radius 1 is 1.21 bits per heavy atom. The first-order valence-electron chi connectivity index (χ1n) is 8.38. The van der Waals surface area contributed by atoms with Crippen LogP contribution in [0.1, 0.15) is 22.0 Å². The van der Waals surface area contributed by atoms with Gasteiger partial charge in [0, 0.05) is 23.3 Å². The summed E-state index contributed by atoms with van der Waals surface area (Å²) in [6.45, 7) is 2.03. The van der Waals surface area contributed by atoms with Gasteiger partial charge in [0.2, 0.25) is 5.82 Å². The number of hydrogen-bond donors (Lipinski definition) is 1. The van der Waals surface area contributed by atoms with Crippen LogP contribution < -0.4 is 5.32 Å². The lowest BCUT2D eigenvalue weighted by Crippen LogP contribution is -2.25. The van der Waals surface area contributed by atoms with Crippen LogP contribution in [0.15, 0.2) is 55.2 Å². The second kappa shape index (κ2) is 7.57. The molecule has 0 bridgehead atoms. The number of nitrogens with zero attached hydrogens (tertiary/aromatic N) is 7. The zero-order valence-corrected chi connectivity index (χ0v) is 15.6.